The van der Waals surface area contributed by atoms with Crippen molar-refractivity contribution in [3.05, 3.63) is 47.9 Å². The average Bonchev–Trinajstić information content (AvgIpc) is 3.11. The zero-order chi connectivity index (χ0) is 16.0. The van der Waals surface area contributed by atoms with Crippen molar-refractivity contribution in [1.29, 1.82) is 0 Å². The van der Waals surface area contributed by atoms with Crippen molar-refractivity contribution in [2.45, 2.75) is 0 Å². The fourth-order valence-corrected chi connectivity index (χ4v) is 3.28. The number of H-pyrrole nitrogens is 1. The molecule has 0 bridgehead atoms. The Kier molecular flexibility index (Phi) is 2.98. The maximum absolute atomic E-state index is 12.9. The minimum Gasteiger partial charge on any atom is -0.375 e. The summed E-state index contributed by atoms with van der Waals surface area (Å²) in [6, 6.07) is 9.16. The summed E-state index contributed by atoms with van der Waals surface area (Å²) in [4.78, 5) is 16.7. The molecule has 0 aliphatic rings. The van der Waals surface area contributed by atoms with Crippen LogP contribution >= 0.6 is 11.3 Å². The van der Waals surface area contributed by atoms with E-state index >= 15 is 0 Å². The first-order chi connectivity index (χ1) is 11.1. The maximum Gasteiger partial charge on any atom is 0.276 e. The Morgan fingerprint density at radius 3 is 2.78 bits per heavy atom. The lowest BCUT2D eigenvalue weighted by atomic mass is 10.2. The monoisotopic (exact) mass is 327 g/mol. The van der Waals surface area contributed by atoms with Crippen LogP contribution in [0.25, 0.3) is 21.1 Å². The first kappa shape index (κ1) is 13.6. The van der Waals surface area contributed by atoms with Crippen LogP contribution in [0.2, 0.25) is 0 Å². The normalized spacial score (nSPS) is 11.2. The second-order valence-corrected chi connectivity index (χ2v) is 5.95. The molecular weight excluding hydrogens is 317 g/mol. The van der Waals surface area contributed by atoms with Crippen molar-refractivity contribution in [2.75, 3.05) is 11.1 Å². The molecule has 0 aliphatic heterocycles. The number of aromatic amines is 1. The lowest BCUT2D eigenvalue weighted by molar-refractivity contribution is 0.102. The molecule has 2 aromatic carbocycles. The van der Waals surface area contributed by atoms with Crippen LogP contribution < -0.4 is 11.1 Å². The summed E-state index contributed by atoms with van der Waals surface area (Å²) < 4.78 is 13.7. The van der Waals surface area contributed by atoms with Crippen LogP contribution in [-0.4, -0.2) is 21.1 Å². The van der Waals surface area contributed by atoms with E-state index in [9.17, 15) is 9.18 Å². The summed E-state index contributed by atoms with van der Waals surface area (Å²) in [7, 11) is 0. The molecule has 4 N–H and O–H groups in total. The Balaban J connectivity index is 1.80. The second kappa shape index (κ2) is 5.03. The van der Waals surface area contributed by atoms with Gasteiger partial charge in [0.25, 0.3) is 5.91 Å². The van der Waals surface area contributed by atoms with Gasteiger partial charge in [-0.15, -0.1) is 0 Å². The third-order valence-electron chi connectivity index (χ3n) is 3.42. The Bertz CT molecular complexity index is 1040. The molecule has 0 atom stereocenters. The van der Waals surface area contributed by atoms with Crippen molar-refractivity contribution in [1.82, 2.24) is 15.2 Å². The predicted molar refractivity (Wildman–Crippen MR) is 88.0 cm³/mol. The van der Waals surface area contributed by atoms with Gasteiger partial charge in [0.05, 0.1) is 21.1 Å². The van der Waals surface area contributed by atoms with Crippen molar-refractivity contribution < 1.29 is 9.18 Å². The number of hydrogen-bond acceptors (Lipinski definition) is 5. The van der Waals surface area contributed by atoms with E-state index in [1.807, 2.05) is 6.07 Å². The third kappa shape index (κ3) is 2.29. The molecule has 8 heteroatoms. The van der Waals surface area contributed by atoms with Crippen molar-refractivity contribution in [2.24, 2.45) is 0 Å². The highest BCUT2D eigenvalue weighted by Gasteiger charge is 2.18. The van der Waals surface area contributed by atoms with Gasteiger partial charge in [0.15, 0.2) is 10.8 Å². The number of nitrogens with two attached hydrogens (primary N) is 1. The summed E-state index contributed by atoms with van der Waals surface area (Å²) >= 11 is 1.30. The van der Waals surface area contributed by atoms with Crippen molar-refractivity contribution in [3.63, 3.8) is 0 Å². The maximum atomic E-state index is 12.9. The number of halogens is 1. The lowest BCUT2D eigenvalue weighted by Crippen LogP contribution is -2.12. The highest BCUT2D eigenvalue weighted by Crippen LogP contribution is 2.32. The van der Waals surface area contributed by atoms with Crippen LogP contribution in [0.3, 0.4) is 0 Å². The molecule has 0 spiro atoms. The molecule has 0 saturated heterocycles. The van der Waals surface area contributed by atoms with Gasteiger partial charge in [0.2, 0.25) is 0 Å². The number of thiazole rings is 1. The number of rotatable bonds is 2. The smallest absolute Gasteiger partial charge is 0.276 e. The molecule has 0 saturated carbocycles. The van der Waals surface area contributed by atoms with E-state index in [1.165, 1.54) is 35.6 Å². The van der Waals surface area contributed by atoms with E-state index < -0.39 is 0 Å². The number of fused-ring (bicyclic) bond motifs is 3. The SMILES string of the molecule is Nc1nc2ccc3[nH]nc(C(=O)Nc4ccc(F)cc4)c3c2s1. The number of carbonyl (C=O) groups excluding carboxylic acids is 1. The van der Waals surface area contributed by atoms with Crippen LogP contribution in [-0.2, 0) is 0 Å². The number of nitrogens with one attached hydrogen (secondary N) is 2. The van der Waals surface area contributed by atoms with Crippen molar-refractivity contribution >= 4 is 49.2 Å². The molecule has 23 heavy (non-hydrogen) atoms. The molecule has 6 nitrogen and oxygen atoms in total. The summed E-state index contributed by atoms with van der Waals surface area (Å²) in [6.45, 7) is 0. The summed E-state index contributed by atoms with van der Waals surface area (Å²) in [6.07, 6.45) is 0. The fraction of sp³-hybridized carbons (Fsp3) is 0. The van der Waals surface area contributed by atoms with Crippen LogP contribution in [0.4, 0.5) is 15.2 Å². The lowest BCUT2D eigenvalue weighted by Gasteiger charge is -2.03. The number of nitrogen functional groups attached to an aromatic ring is 1. The first-order valence-corrected chi connectivity index (χ1v) is 7.53. The van der Waals surface area contributed by atoms with E-state index in [2.05, 4.69) is 20.5 Å². The molecule has 2 heterocycles. The molecule has 114 valence electrons. The standard InChI is InChI=1S/C15H10FN5OS/c16-7-1-3-8(4-2-7)18-14(22)12-11-9(20-21-12)5-6-10-13(11)23-15(17)19-10/h1-6H,(H2,17,19)(H,18,22)(H,20,21). The van der Waals surface area contributed by atoms with Gasteiger partial charge in [0, 0.05) is 5.69 Å². The Labute approximate surface area is 133 Å². The quantitative estimate of drug-likeness (QED) is 0.527. The molecule has 4 rings (SSSR count). The summed E-state index contributed by atoms with van der Waals surface area (Å²) in [5.74, 6) is -0.752. The molecule has 1 amide bonds. The van der Waals surface area contributed by atoms with Crippen LogP contribution in [0, 0.1) is 5.82 Å². The minimum atomic E-state index is -0.387. The number of anilines is 2. The summed E-state index contributed by atoms with van der Waals surface area (Å²) in [5, 5.41) is 10.7. The third-order valence-corrected chi connectivity index (χ3v) is 4.33. The highest BCUT2D eigenvalue weighted by atomic mass is 32.1. The second-order valence-electron chi connectivity index (χ2n) is 4.92. The highest BCUT2D eigenvalue weighted by molar-refractivity contribution is 7.23. The Hall–Kier alpha value is -3.00. The number of hydrogen-bond donors (Lipinski definition) is 3. The number of amides is 1. The van der Waals surface area contributed by atoms with Gasteiger partial charge in [-0.25, -0.2) is 9.37 Å². The molecule has 0 unspecified atom stereocenters. The molecule has 0 fully saturated rings. The van der Waals surface area contributed by atoms with E-state index in [1.54, 1.807) is 6.07 Å². The minimum absolute atomic E-state index is 0.249. The predicted octanol–water partition coefficient (Wildman–Crippen LogP) is 3.15. The average molecular weight is 327 g/mol. The van der Waals surface area contributed by atoms with Gasteiger partial charge in [-0.05, 0) is 36.4 Å². The number of nitrogens with zero attached hydrogens (tertiary/aromatic N) is 2. The van der Waals surface area contributed by atoms with Gasteiger partial charge < -0.3 is 11.1 Å². The van der Waals surface area contributed by atoms with Gasteiger partial charge >= 0.3 is 0 Å². The Morgan fingerprint density at radius 1 is 1.22 bits per heavy atom. The first-order valence-electron chi connectivity index (χ1n) is 6.72. The largest absolute Gasteiger partial charge is 0.375 e. The summed E-state index contributed by atoms with van der Waals surface area (Å²) in [5.41, 5.74) is 7.94. The number of carbonyl (C=O) groups is 1. The van der Waals surface area contributed by atoms with Crippen LogP contribution in [0.1, 0.15) is 10.5 Å². The molecular formula is C15H10FN5OS. The molecule has 4 aromatic rings. The van der Waals surface area contributed by atoms with Gasteiger partial charge in [-0.1, -0.05) is 11.3 Å². The van der Waals surface area contributed by atoms with Crippen LogP contribution in [0.15, 0.2) is 36.4 Å². The van der Waals surface area contributed by atoms with Gasteiger partial charge in [-0.2, -0.15) is 5.10 Å². The van der Waals surface area contributed by atoms with E-state index in [0.717, 1.165) is 15.7 Å². The van der Waals surface area contributed by atoms with Gasteiger partial charge in [0.1, 0.15) is 5.82 Å². The van der Waals surface area contributed by atoms with Crippen LogP contribution in [0.5, 0.6) is 0 Å². The molecule has 0 radical (unpaired) electrons. The zero-order valence-corrected chi connectivity index (χ0v) is 12.4. The zero-order valence-electron chi connectivity index (χ0n) is 11.6. The fourth-order valence-electron chi connectivity index (χ4n) is 2.40. The van der Waals surface area contributed by atoms with E-state index in [4.69, 9.17) is 5.73 Å². The van der Waals surface area contributed by atoms with E-state index in [-0.39, 0.29) is 17.4 Å². The molecule has 2 aromatic heterocycles. The number of aromatic nitrogens is 3. The number of benzene rings is 2. The van der Waals surface area contributed by atoms with Crippen molar-refractivity contribution in [3.8, 4) is 0 Å². The van der Waals surface area contributed by atoms with Gasteiger partial charge in [-0.3, -0.25) is 9.89 Å². The topological polar surface area (TPSA) is 96.7 Å². The molecule has 0 aliphatic carbocycles. The van der Waals surface area contributed by atoms with E-state index in [0.29, 0.717) is 16.2 Å². The Morgan fingerprint density at radius 2 is 2.00 bits per heavy atom.